The summed E-state index contributed by atoms with van der Waals surface area (Å²) in [6.07, 6.45) is 1.98. The van der Waals surface area contributed by atoms with Crippen molar-refractivity contribution in [1.29, 1.82) is 0 Å². The van der Waals surface area contributed by atoms with Gasteiger partial charge in [-0.1, -0.05) is 6.92 Å². The van der Waals surface area contributed by atoms with Gasteiger partial charge in [0.25, 0.3) is 0 Å². The number of esters is 1. The van der Waals surface area contributed by atoms with Gasteiger partial charge in [0.05, 0.1) is 23.9 Å². The molecule has 7 aliphatic rings. The first-order valence-corrected chi connectivity index (χ1v) is 14.6. The van der Waals surface area contributed by atoms with Gasteiger partial charge in [-0.05, 0) is 87.5 Å². The van der Waals surface area contributed by atoms with E-state index in [9.17, 15) is 30.0 Å². The van der Waals surface area contributed by atoms with Crippen molar-refractivity contribution in [1.82, 2.24) is 0 Å². The monoisotopic (exact) mass is 548 g/mol. The van der Waals surface area contributed by atoms with Gasteiger partial charge in [0, 0.05) is 16.9 Å². The third-order valence-electron chi connectivity index (χ3n) is 12.3. The topological polar surface area (TPSA) is 152 Å². The Bertz CT molecular complexity index is 1090. The van der Waals surface area contributed by atoms with Gasteiger partial charge >= 0.3 is 5.97 Å². The van der Waals surface area contributed by atoms with Gasteiger partial charge in [0.2, 0.25) is 12.1 Å². The molecule has 0 aromatic heterocycles. The van der Waals surface area contributed by atoms with Crippen LogP contribution < -0.4 is 0 Å². The predicted molar refractivity (Wildman–Crippen MR) is 133 cm³/mol. The number of aliphatic hydroxyl groups excluding tert-OH is 2. The van der Waals surface area contributed by atoms with Gasteiger partial charge < -0.3 is 44.2 Å². The van der Waals surface area contributed by atoms with E-state index in [0.29, 0.717) is 19.3 Å². The quantitative estimate of drug-likeness (QED) is 0.223. The third kappa shape index (κ3) is 3.34. The molecule has 7 rings (SSSR count). The molecule has 4 aliphatic carbocycles. The number of hydrogen-bond acceptors (Lipinski definition) is 10. The van der Waals surface area contributed by atoms with Crippen LogP contribution in [0.3, 0.4) is 0 Å². The number of aliphatic hydroxyl groups is 4. The van der Waals surface area contributed by atoms with Crippen LogP contribution in [0.1, 0.15) is 65.2 Å². The standard InChI is InChI=1S/C29H40O10/c1-14-23(32)24(33)29(35)25(37-14)38-20-10-16-3-4-19-18(27(16,13-30)11-21(20)39-29)5-7-26(2)17(6-8-28(19,26)34)15-9-22(31)36-12-15/h9,13-14,16-21,23-25,32-35H,3-8,10-12H2,1-2H3/t14-,16+,17-,18+,19-,20-,21-,23-,24-,25+,26-,27-,28+,29+/m1/s1. The summed E-state index contributed by atoms with van der Waals surface area (Å²) in [5.41, 5.74) is -1.17. The highest BCUT2D eigenvalue weighted by Gasteiger charge is 2.71. The van der Waals surface area contributed by atoms with E-state index in [0.717, 1.165) is 44.0 Å². The average molecular weight is 549 g/mol. The molecule has 0 spiro atoms. The molecule has 3 heterocycles. The maximum absolute atomic E-state index is 13.1. The molecule has 0 unspecified atom stereocenters. The summed E-state index contributed by atoms with van der Waals surface area (Å²) in [6.45, 7) is 4.04. The summed E-state index contributed by atoms with van der Waals surface area (Å²) in [7, 11) is 0. The normalized spacial score (nSPS) is 58.2. The lowest BCUT2D eigenvalue weighted by Crippen LogP contribution is -2.73. The molecule has 10 heteroatoms. The van der Waals surface area contributed by atoms with Crippen LogP contribution in [-0.2, 0) is 28.5 Å². The second-order valence-corrected chi connectivity index (χ2v) is 13.6. The lowest BCUT2D eigenvalue weighted by Gasteiger charge is -2.64. The molecule has 0 amide bonds. The van der Waals surface area contributed by atoms with Crippen molar-refractivity contribution in [2.24, 2.45) is 34.5 Å². The zero-order valence-electron chi connectivity index (χ0n) is 22.5. The van der Waals surface area contributed by atoms with E-state index in [2.05, 4.69) is 6.92 Å². The zero-order chi connectivity index (χ0) is 27.5. The Morgan fingerprint density at radius 2 is 1.82 bits per heavy atom. The molecule has 0 radical (unpaired) electrons. The highest BCUT2D eigenvalue weighted by atomic mass is 16.8. The molecule has 10 nitrogen and oxygen atoms in total. The van der Waals surface area contributed by atoms with Gasteiger partial charge in [0.1, 0.15) is 25.1 Å². The van der Waals surface area contributed by atoms with Gasteiger partial charge in [0.15, 0.2) is 0 Å². The van der Waals surface area contributed by atoms with E-state index in [4.69, 9.17) is 18.9 Å². The molecule has 4 saturated carbocycles. The minimum absolute atomic E-state index is 0.0394. The second-order valence-electron chi connectivity index (χ2n) is 13.6. The Labute approximate surface area is 227 Å². The molecule has 39 heavy (non-hydrogen) atoms. The van der Waals surface area contributed by atoms with Crippen LogP contribution in [0.4, 0.5) is 0 Å². The van der Waals surface area contributed by atoms with Crippen molar-refractivity contribution < 1.29 is 49.0 Å². The van der Waals surface area contributed by atoms with E-state index in [-0.39, 0.29) is 36.2 Å². The molecule has 0 bridgehead atoms. The van der Waals surface area contributed by atoms with E-state index in [1.54, 1.807) is 13.0 Å². The summed E-state index contributed by atoms with van der Waals surface area (Å²) >= 11 is 0. The van der Waals surface area contributed by atoms with E-state index >= 15 is 0 Å². The summed E-state index contributed by atoms with van der Waals surface area (Å²) in [5, 5.41) is 44.8. The maximum atomic E-state index is 13.1. The lowest BCUT2D eigenvalue weighted by molar-refractivity contribution is -0.468. The van der Waals surface area contributed by atoms with Crippen LogP contribution in [0, 0.1) is 34.5 Å². The van der Waals surface area contributed by atoms with Crippen molar-refractivity contribution >= 4 is 12.3 Å². The van der Waals surface area contributed by atoms with Crippen molar-refractivity contribution in [2.75, 3.05) is 6.61 Å². The first-order valence-electron chi connectivity index (χ1n) is 14.6. The fourth-order valence-electron chi connectivity index (χ4n) is 10.2. The summed E-state index contributed by atoms with van der Waals surface area (Å²) < 4.78 is 23.2. The molecule has 3 aliphatic heterocycles. The minimum atomic E-state index is -2.24. The Hall–Kier alpha value is -1.40. The molecule has 4 N–H and O–H groups in total. The number of fused-ring (bicyclic) bond motifs is 7. The molecule has 2 saturated heterocycles. The molecular weight excluding hydrogens is 508 g/mol. The van der Waals surface area contributed by atoms with Crippen molar-refractivity contribution in [3.05, 3.63) is 11.6 Å². The van der Waals surface area contributed by atoms with Crippen LogP contribution in [0.5, 0.6) is 0 Å². The fourth-order valence-corrected chi connectivity index (χ4v) is 10.2. The number of carbonyl (C=O) groups excluding carboxylic acids is 2. The van der Waals surface area contributed by atoms with Crippen LogP contribution in [0.15, 0.2) is 11.6 Å². The largest absolute Gasteiger partial charge is 0.458 e. The zero-order valence-corrected chi connectivity index (χ0v) is 22.5. The van der Waals surface area contributed by atoms with Gasteiger partial charge in [-0.3, -0.25) is 0 Å². The Morgan fingerprint density at radius 1 is 1.03 bits per heavy atom. The van der Waals surface area contributed by atoms with Crippen LogP contribution >= 0.6 is 0 Å². The first kappa shape index (κ1) is 26.5. The lowest BCUT2D eigenvalue weighted by atomic mass is 9.42. The van der Waals surface area contributed by atoms with Crippen LogP contribution in [-0.4, -0.2) is 87.5 Å². The fraction of sp³-hybridized carbons (Fsp3) is 0.862. The summed E-state index contributed by atoms with van der Waals surface area (Å²) in [4.78, 5) is 25.0. The van der Waals surface area contributed by atoms with Gasteiger partial charge in [-0.25, -0.2) is 4.79 Å². The minimum Gasteiger partial charge on any atom is -0.458 e. The smallest absolute Gasteiger partial charge is 0.331 e. The summed E-state index contributed by atoms with van der Waals surface area (Å²) in [6, 6.07) is 0. The molecule has 216 valence electrons. The van der Waals surface area contributed by atoms with Gasteiger partial charge in [-0.2, -0.15) is 0 Å². The second kappa shape index (κ2) is 8.56. The highest BCUT2D eigenvalue weighted by Crippen LogP contribution is 2.70. The third-order valence-corrected chi connectivity index (χ3v) is 12.3. The molecule has 6 fully saturated rings. The number of hydrogen-bond donors (Lipinski definition) is 4. The van der Waals surface area contributed by atoms with E-state index < -0.39 is 59.0 Å². The number of rotatable bonds is 2. The van der Waals surface area contributed by atoms with Crippen molar-refractivity contribution in [3.63, 3.8) is 0 Å². The van der Waals surface area contributed by atoms with Gasteiger partial charge in [-0.15, -0.1) is 0 Å². The number of ether oxygens (including phenoxy) is 4. The SMILES string of the molecule is C[C@H]1O[C@H]2O[C@@H]3C[C@@H]4CC[C@@H]5[C@H](CC[C@]6(C)[C@@H](C7=CC(=O)OC7)CC[C@]56O)[C@@]4(C=O)C[C@H]3O[C@@]2(O)[C@H](O)[C@@H]1O. The number of cyclic esters (lactones) is 1. The summed E-state index contributed by atoms with van der Waals surface area (Å²) in [5.74, 6) is -2.59. The highest BCUT2D eigenvalue weighted by molar-refractivity contribution is 5.85. The van der Waals surface area contributed by atoms with E-state index in [1.807, 2.05) is 0 Å². The molecule has 0 aromatic carbocycles. The Kier molecular flexibility index (Phi) is 5.82. The van der Waals surface area contributed by atoms with Crippen molar-refractivity contribution in [3.8, 4) is 0 Å². The maximum Gasteiger partial charge on any atom is 0.331 e. The molecule has 0 aromatic rings. The van der Waals surface area contributed by atoms with Crippen LogP contribution in [0.25, 0.3) is 0 Å². The number of carbonyl (C=O) groups is 2. The van der Waals surface area contributed by atoms with Crippen molar-refractivity contribution in [2.45, 2.75) is 113 Å². The Balaban J connectivity index is 1.18. The molecule has 14 atom stereocenters. The Morgan fingerprint density at radius 3 is 2.54 bits per heavy atom. The predicted octanol–water partition coefficient (Wildman–Crippen LogP) is 0.972. The average Bonchev–Trinajstić information content (AvgIpc) is 3.45. The molecular formula is C29H40O10. The number of aldehydes is 1. The van der Waals surface area contributed by atoms with E-state index in [1.165, 1.54) is 0 Å². The first-order chi connectivity index (χ1) is 18.5. The van der Waals surface area contributed by atoms with Crippen LogP contribution in [0.2, 0.25) is 0 Å².